The van der Waals surface area contributed by atoms with Crippen molar-refractivity contribution in [3.63, 3.8) is 0 Å². The molecule has 8 heteroatoms. The molecule has 2 aromatic carbocycles. The van der Waals surface area contributed by atoms with Gasteiger partial charge in [0.1, 0.15) is 5.75 Å². The Morgan fingerprint density at radius 1 is 1.20 bits per heavy atom. The molecule has 1 N–H and O–H groups in total. The van der Waals surface area contributed by atoms with E-state index in [0.29, 0.717) is 17.7 Å². The molecule has 0 saturated heterocycles. The van der Waals surface area contributed by atoms with Crippen molar-refractivity contribution >= 4 is 15.7 Å². The maximum Gasteiger partial charge on any atom is 0.269 e. The van der Waals surface area contributed by atoms with Crippen molar-refractivity contribution < 1.29 is 18.1 Å². The topological polar surface area (TPSA) is 98.5 Å². The van der Waals surface area contributed by atoms with Gasteiger partial charge in [-0.05, 0) is 29.7 Å². The van der Waals surface area contributed by atoms with Crippen LogP contribution in [0.5, 0.6) is 5.75 Å². The van der Waals surface area contributed by atoms with Gasteiger partial charge in [-0.25, -0.2) is 13.1 Å². The molecule has 2 aromatic rings. The van der Waals surface area contributed by atoms with E-state index in [-0.39, 0.29) is 17.5 Å². The second-order valence-corrected chi connectivity index (χ2v) is 7.29. The molecule has 1 atom stereocenters. The Balaban J connectivity index is 2.15. The van der Waals surface area contributed by atoms with E-state index in [1.807, 2.05) is 19.1 Å². The molecule has 0 heterocycles. The number of sulfonamides is 1. The smallest absolute Gasteiger partial charge is 0.269 e. The quantitative estimate of drug-likeness (QED) is 0.573. The first-order valence-corrected chi connectivity index (χ1v) is 9.37. The van der Waals surface area contributed by atoms with Crippen LogP contribution in [0.25, 0.3) is 0 Å². The second-order valence-electron chi connectivity index (χ2n) is 5.54. The molecule has 2 rings (SSSR count). The van der Waals surface area contributed by atoms with Crippen LogP contribution in [-0.4, -0.2) is 20.5 Å². The number of nitro groups is 1. The number of hydrogen-bond donors (Lipinski definition) is 1. The van der Waals surface area contributed by atoms with E-state index in [0.717, 1.165) is 5.56 Å². The third-order valence-corrected chi connectivity index (χ3v) is 5.08. The van der Waals surface area contributed by atoms with Crippen LogP contribution < -0.4 is 9.46 Å². The Kier molecular flexibility index (Phi) is 6.11. The van der Waals surface area contributed by atoms with Crippen molar-refractivity contribution in [3.8, 4) is 5.75 Å². The summed E-state index contributed by atoms with van der Waals surface area (Å²) in [5.74, 6) is 0.375. The Morgan fingerprint density at radius 3 is 2.44 bits per heavy atom. The van der Waals surface area contributed by atoms with Gasteiger partial charge in [-0.3, -0.25) is 10.1 Å². The molecule has 0 aliphatic rings. The number of nitrogens with zero attached hydrogens (tertiary/aromatic N) is 1. The van der Waals surface area contributed by atoms with Gasteiger partial charge in [-0.15, -0.1) is 0 Å². The lowest BCUT2D eigenvalue weighted by molar-refractivity contribution is -0.384. The molecule has 0 spiro atoms. The predicted octanol–water partition coefficient (Wildman–Crippen LogP) is 3.17. The molecule has 0 aliphatic carbocycles. The number of benzene rings is 2. The number of rotatable bonds is 8. The van der Waals surface area contributed by atoms with Gasteiger partial charge < -0.3 is 4.74 Å². The zero-order chi connectivity index (χ0) is 18.4. The highest BCUT2D eigenvalue weighted by Gasteiger charge is 2.19. The highest BCUT2D eigenvalue weighted by molar-refractivity contribution is 7.88. The van der Waals surface area contributed by atoms with Crippen molar-refractivity contribution in [1.82, 2.24) is 4.72 Å². The van der Waals surface area contributed by atoms with Gasteiger partial charge in [0.05, 0.1) is 17.8 Å². The Labute approximate surface area is 146 Å². The summed E-state index contributed by atoms with van der Waals surface area (Å²) in [5.41, 5.74) is 1.06. The fourth-order valence-electron chi connectivity index (χ4n) is 2.46. The van der Waals surface area contributed by atoms with Gasteiger partial charge in [-0.1, -0.05) is 31.2 Å². The highest BCUT2D eigenvalue weighted by Crippen LogP contribution is 2.22. The van der Waals surface area contributed by atoms with Gasteiger partial charge in [0.15, 0.2) is 0 Å². The van der Waals surface area contributed by atoms with Crippen molar-refractivity contribution in [2.45, 2.75) is 25.1 Å². The molecule has 0 radical (unpaired) electrons. The van der Waals surface area contributed by atoms with Gasteiger partial charge in [0, 0.05) is 18.2 Å². The first-order chi connectivity index (χ1) is 11.8. The number of methoxy groups -OCH3 is 1. The molecule has 1 unspecified atom stereocenters. The van der Waals surface area contributed by atoms with Gasteiger partial charge in [-0.2, -0.15) is 0 Å². The third kappa shape index (κ3) is 5.27. The van der Waals surface area contributed by atoms with E-state index in [2.05, 4.69) is 4.72 Å². The molecule has 134 valence electrons. The molecular formula is C17H20N2O5S. The number of nitro benzene ring substituents is 1. The molecule has 0 bridgehead atoms. The molecule has 0 fully saturated rings. The van der Waals surface area contributed by atoms with Crippen LogP contribution in [0, 0.1) is 10.1 Å². The predicted molar refractivity (Wildman–Crippen MR) is 94.9 cm³/mol. The summed E-state index contributed by atoms with van der Waals surface area (Å²) in [6.07, 6.45) is 0.570. The average Bonchev–Trinajstić information content (AvgIpc) is 2.59. The van der Waals surface area contributed by atoms with E-state index in [1.54, 1.807) is 25.3 Å². The van der Waals surface area contributed by atoms with Crippen molar-refractivity contribution in [2.75, 3.05) is 7.11 Å². The number of non-ortho nitro benzene ring substituents is 1. The number of nitrogens with one attached hydrogen (secondary N) is 1. The van der Waals surface area contributed by atoms with Crippen LogP contribution >= 0.6 is 0 Å². The third-order valence-electron chi connectivity index (χ3n) is 3.73. The fraction of sp³-hybridized carbons (Fsp3) is 0.294. The Hall–Kier alpha value is -2.45. The summed E-state index contributed by atoms with van der Waals surface area (Å²) in [5, 5.41) is 10.8. The van der Waals surface area contributed by atoms with Gasteiger partial charge in [0.25, 0.3) is 5.69 Å². The summed E-state index contributed by atoms with van der Waals surface area (Å²) < 4.78 is 32.6. The second kappa shape index (κ2) is 8.09. The minimum Gasteiger partial charge on any atom is -0.497 e. The largest absolute Gasteiger partial charge is 0.497 e. The monoisotopic (exact) mass is 364 g/mol. The minimum atomic E-state index is -3.66. The maximum absolute atomic E-state index is 12.4. The highest BCUT2D eigenvalue weighted by atomic mass is 32.2. The Bertz CT molecular complexity index is 834. The first kappa shape index (κ1) is 18.9. The van der Waals surface area contributed by atoms with E-state index in [1.165, 1.54) is 18.2 Å². The first-order valence-electron chi connectivity index (χ1n) is 7.72. The standard InChI is InChI=1S/C17H20N2O5S/c1-3-17(14-7-9-16(24-2)10-8-14)18-25(22,23)12-13-5-4-6-15(11-13)19(20)21/h4-11,17-18H,3,12H2,1-2H3. The number of ether oxygens (including phenoxy) is 1. The lowest BCUT2D eigenvalue weighted by atomic mass is 10.1. The normalized spacial score (nSPS) is 12.6. The summed E-state index contributed by atoms with van der Waals surface area (Å²) in [7, 11) is -2.09. The average molecular weight is 364 g/mol. The van der Waals surface area contributed by atoms with Crippen molar-refractivity contribution in [3.05, 3.63) is 69.8 Å². The minimum absolute atomic E-state index is 0.130. The fourth-order valence-corrected chi connectivity index (χ4v) is 3.90. The molecule has 0 amide bonds. The van der Waals surface area contributed by atoms with Crippen LogP contribution in [-0.2, 0) is 15.8 Å². The van der Waals surface area contributed by atoms with Crippen LogP contribution in [0.3, 0.4) is 0 Å². The zero-order valence-electron chi connectivity index (χ0n) is 14.0. The summed E-state index contributed by atoms with van der Waals surface area (Å²) in [4.78, 5) is 10.3. The van der Waals surface area contributed by atoms with Gasteiger partial charge in [0.2, 0.25) is 10.0 Å². The van der Waals surface area contributed by atoms with E-state index in [4.69, 9.17) is 4.74 Å². The SMILES string of the molecule is CCC(NS(=O)(=O)Cc1cccc([N+](=O)[O-])c1)c1ccc(OC)cc1. The van der Waals surface area contributed by atoms with Crippen LogP contribution in [0.2, 0.25) is 0 Å². The van der Waals surface area contributed by atoms with E-state index in [9.17, 15) is 18.5 Å². The van der Waals surface area contributed by atoms with E-state index < -0.39 is 14.9 Å². The van der Waals surface area contributed by atoms with Crippen molar-refractivity contribution in [1.29, 1.82) is 0 Å². The van der Waals surface area contributed by atoms with E-state index >= 15 is 0 Å². The molecule has 25 heavy (non-hydrogen) atoms. The van der Waals surface area contributed by atoms with Crippen LogP contribution in [0.1, 0.15) is 30.5 Å². The lowest BCUT2D eigenvalue weighted by Gasteiger charge is -2.18. The molecule has 0 aliphatic heterocycles. The van der Waals surface area contributed by atoms with Crippen molar-refractivity contribution in [2.24, 2.45) is 0 Å². The molecular weight excluding hydrogens is 344 g/mol. The number of hydrogen-bond acceptors (Lipinski definition) is 5. The lowest BCUT2D eigenvalue weighted by Crippen LogP contribution is -2.29. The molecule has 7 nitrogen and oxygen atoms in total. The van der Waals surface area contributed by atoms with Gasteiger partial charge >= 0.3 is 0 Å². The zero-order valence-corrected chi connectivity index (χ0v) is 14.8. The maximum atomic E-state index is 12.4. The Morgan fingerprint density at radius 2 is 1.88 bits per heavy atom. The summed E-state index contributed by atoms with van der Waals surface area (Å²) in [6, 6.07) is 12.4. The molecule has 0 aromatic heterocycles. The summed E-state index contributed by atoms with van der Waals surface area (Å²) in [6.45, 7) is 1.88. The summed E-state index contributed by atoms with van der Waals surface area (Å²) >= 11 is 0. The molecule has 0 saturated carbocycles. The van der Waals surface area contributed by atoms with Crippen LogP contribution in [0.4, 0.5) is 5.69 Å². The van der Waals surface area contributed by atoms with Crippen LogP contribution in [0.15, 0.2) is 48.5 Å².